The van der Waals surface area contributed by atoms with Gasteiger partial charge in [-0.15, -0.1) is 0 Å². The van der Waals surface area contributed by atoms with Crippen molar-refractivity contribution in [2.45, 2.75) is 19.9 Å². The molecule has 3 N–H and O–H groups in total. The Labute approximate surface area is 103 Å². The van der Waals surface area contributed by atoms with Crippen LogP contribution in [-0.4, -0.2) is 37.0 Å². The summed E-state index contributed by atoms with van der Waals surface area (Å²) in [5.74, 6) is -0.0170. The molecule has 1 aromatic carbocycles. The highest BCUT2D eigenvalue weighted by Gasteiger charge is 2.11. The average Bonchev–Trinajstić information content (AvgIpc) is 2.30. The molecule has 0 fully saturated rings. The Morgan fingerprint density at radius 2 is 2.00 bits per heavy atom. The van der Waals surface area contributed by atoms with Gasteiger partial charge in [-0.25, -0.2) is 0 Å². The van der Waals surface area contributed by atoms with Crippen molar-refractivity contribution in [1.82, 2.24) is 4.90 Å². The first-order valence-electron chi connectivity index (χ1n) is 5.79. The van der Waals surface area contributed by atoms with E-state index in [1.807, 2.05) is 50.1 Å². The third-order valence-electron chi connectivity index (χ3n) is 2.82. The van der Waals surface area contributed by atoms with E-state index >= 15 is 0 Å². The number of hydrogen-bond acceptors (Lipinski definition) is 3. The van der Waals surface area contributed by atoms with Gasteiger partial charge in [0, 0.05) is 18.3 Å². The molecule has 0 aliphatic heterocycles. The monoisotopic (exact) mass is 235 g/mol. The number of benzene rings is 1. The summed E-state index contributed by atoms with van der Waals surface area (Å²) in [7, 11) is 1.90. The van der Waals surface area contributed by atoms with Gasteiger partial charge < -0.3 is 11.1 Å². The number of nitrogens with zero attached hydrogens (tertiary/aromatic N) is 1. The summed E-state index contributed by atoms with van der Waals surface area (Å²) in [6.07, 6.45) is 0. The van der Waals surface area contributed by atoms with Gasteiger partial charge in [-0.3, -0.25) is 9.69 Å². The highest BCUT2D eigenvalue weighted by Crippen LogP contribution is 2.08. The van der Waals surface area contributed by atoms with Gasteiger partial charge in [-0.1, -0.05) is 17.7 Å². The maximum Gasteiger partial charge on any atom is 0.238 e. The molecule has 94 valence electrons. The molecule has 17 heavy (non-hydrogen) atoms. The number of nitrogens with one attached hydrogen (secondary N) is 1. The van der Waals surface area contributed by atoms with Gasteiger partial charge in [0.15, 0.2) is 0 Å². The standard InChI is InChI=1S/C13H21N3O/c1-10-4-6-12(7-5-10)15-13(17)9-16(3)11(2)8-14/h4-7,11H,8-9,14H2,1-3H3,(H,15,17). The number of rotatable bonds is 5. The second-order valence-corrected chi connectivity index (χ2v) is 4.41. The van der Waals surface area contributed by atoms with Crippen LogP contribution in [0.25, 0.3) is 0 Å². The molecule has 4 nitrogen and oxygen atoms in total. The lowest BCUT2D eigenvalue weighted by Gasteiger charge is -2.22. The summed E-state index contributed by atoms with van der Waals surface area (Å²) >= 11 is 0. The minimum Gasteiger partial charge on any atom is -0.329 e. The molecule has 0 saturated heterocycles. The highest BCUT2D eigenvalue weighted by molar-refractivity contribution is 5.92. The Bertz CT molecular complexity index is 361. The molecule has 0 saturated carbocycles. The van der Waals surface area contributed by atoms with Crippen LogP contribution in [0.5, 0.6) is 0 Å². The molecule has 0 aromatic heterocycles. The van der Waals surface area contributed by atoms with Gasteiger partial charge in [-0.2, -0.15) is 0 Å². The molecule has 1 rings (SSSR count). The summed E-state index contributed by atoms with van der Waals surface area (Å²) in [6.45, 7) is 4.92. The maximum absolute atomic E-state index is 11.7. The molecule has 0 heterocycles. The van der Waals surface area contributed by atoms with Crippen molar-refractivity contribution in [2.24, 2.45) is 5.73 Å². The molecule has 0 bridgehead atoms. The van der Waals surface area contributed by atoms with E-state index in [1.54, 1.807) is 0 Å². The predicted octanol–water partition coefficient (Wildman–Crippen LogP) is 1.21. The predicted molar refractivity (Wildman–Crippen MR) is 71.0 cm³/mol. The van der Waals surface area contributed by atoms with Crippen molar-refractivity contribution in [3.05, 3.63) is 29.8 Å². The lowest BCUT2D eigenvalue weighted by Crippen LogP contribution is -2.40. The summed E-state index contributed by atoms with van der Waals surface area (Å²) < 4.78 is 0. The van der Waals surface area contributed by atoms with Crippen molar-refractivity contribution in [2.75, 3.05) is 25.5 Å². The summed E-state index contributed by atoms with van der Waals surface area (Å²) in [6, 6.07) is 7.96. The Morgan fingerprint density at radius 3 is 2.53 bits per heavy atom. The van der Waals surface area contributed by atoms with E-state index < -0.39 is 0 Å². The van der Waals surface area contributed by atoms with Crippen LogP contribution in [0.3, 0.4) is 0 Å². The van der Waals surface area contributed by atoms with E-state index in [-0.39, 0.29) is 11.9 Å². The van der Waals surface area contributed by atoms with E-state index in [0.717, 1.165) is 5.69 Å². The zero-order valence-corrected chi connectivity index (χ0v) is 10.7. The smallest absolute Gasteiger partial charge is 0.238 e. The van der Waals surface area contributed by atoms with Crippen LogP contribution < -0.4 is 11.1 Å². The molecule has 0 aliphatic carbocycles. The summed E-state index contributed by atoms with van der Waals surface area (Å²) in [5, 5.41) is 2.86. The van der Waals surface area contributed by atoms with Crippen LogP contribution in [0.1, 0.15) is 12.5 Å². The number of carbonyl (C=O) groups excluding carboxylic acids is 1. The zero-order chi connectivity index (χ0) is 12.8. The molecule has 0 aliphatic rings. The van der Waals surface area contributed by atoms with Gasteiger partial charge in [0.1, 0.15) is 0 Å². The van der Waals surface area contributed by atoms with Gasteiger partial charge in [0.25, 0.3) is 0 Å². The highest BCUT2D eigenvalue weighted by atomic mass is 16.2. The minimum atomic E-state index is -0.0170. The molecular formula is C13H21N3O. The number of nitrogens with two attached hydrogens (primary N) is 1. The Balaban J connectivity index is 2.47. The SMILES string of the molecule is Cc1ccc(NC(=O)CN(C)C(C)CN)cc1. The van der Waals surface area contributed by atoms with Gasteiger partial charge >= 0.3 is 0 Å². The minimum absolute atomic E-state index is 0.0170. The summed E-state index contributed by atoms with van der Waals surface area (Å²) in [4.78, 5) is 13.7. The number of amides is 1. The first-order valence-corrected chi connectivity index (χ1v) is 5.79. The first-order chi connectivity index (χ1) is 8.02. The van der Waals surface area contributed by atoms with Crippen LogP contribution in [0.4, 0.5) is 5.69 Å². The second-order valence-electron chi connectivity index (χ2n) is 4.41. The Hall–Kier alpha value is -1.39. The normalized spacial score (nSPS) is 12.5. The number of hydrogen-bond donors (Lipinski definition) is 2. The number of carbonyl (C=O) groups is 1. The van der Waals surface area contributed by atoms with E-state index in [9.17, 15) is 4.79 Å². The number of anilines is 1. The average molecular weight is 235 g/mol. The lowest BCUT2D eigenvalue weighted by molar-refractivity contribution is -0.117. The molecule has 1 aromatic rings. The van der Waals surface area contributed by atoms with Crippen molar-refractivity contribution in [1.29, 1.82) is 0 Å². The van der Waals surface area contributed by atoms with Gasteiger partial charge in [0.05, 0.1) is 6.54 Å². The molecule has 0 spiro atoms. The van der Waals surface area contributed by atoms with E-state index in [0.29, 0.717) is 13.1 Å². The quantitative estimate of drug-likeness (QED) is 0.806. The Kier molecular flexibility index (Phi) is 5.12. The van der Waals surface area contributed by atoms with Crippen LogP contribution in [0.15, 0.2) is 24.3 Å². The van der Waals surface area contributed by atoms with Crippen molar-refractivity contribution in [3.8, 4) is 0 Å². The second kappa shape index (κ2) is 6.37. The topological polar surface area (TPSA) is 58.4 Å². The third-order valence-corrected chi connectivity index (χ3v) is 2.82. The lowest BCUT2D eigenvalue weighted by atomic mass is 10.2. The molecule has 1 amide bonds. The Morgan fingerprint density at radius 1 is 1.41 bits per heavy atom. The maximum atomic E-state index is 11.7. The van der Waals surface area contributed by atoms with Crippen LogP contribution in [0.2, 0.25) is 0 Å². The fourth-order valence-electron chi connectivity index (χ4n) is 1.40. The third kappa shape index (κ3) is 4.54. The van der Waals surface area contributed by atoms with Crippen LogP contribution >= 0.6 is 0 Å². The number of aryl methyl sites for hydroxylation is 1. The number of likely N-dealkylation sites (N-methyl/N-ethyl adjacent to an activating group) is 1. The van der Waals surface area contributed by atoms with Crippen molar-refractivity contribution in [3.63, 3.8) is 0 Å². The molecule has 4 heteroatoms. The van der Waals surface area contributed by atoms with Crippen LogP contribution in [-0.2, 0) is 4.79 Å². The molecule has 0 radical (unpaired) electrons. The van der Waals surface area contributed by atoms with Crippen molar-refractivity contribution < 1.29 is 4.79 Å². The van der Waals surface area contributed by atoms with Crippen molar-refractivity contribution >= 4 is 11.6 Å². The fraction of sp³-hybridized carbons (Fsp3) is 0.462. The van der Waals surface area contributed by atoms with Gasteiger partial charge in [-0.05, 0) is 33.0 Å². The van der Waals surface area contributed by atoms with Gasteiger partial charge in [0.2, 0.25) is 5.91 Å². The first kappa shape index (κ1) is 13.7. The summed E-state index contributed by atoms with van der Waals surface area (Å²) in [5.41, 5.74) is 7.55. The zero-order valence-electron chi connectivity index (χ0n) is 10.7. The molecule has 1 atom stereocenters. The molecule has 1 unspecified atom stereocenters. The van der Waals surface area contributed by atoms with E-state index in [2.05, 4.69) is 5.32 Å². The molecular weight excluding hydrogens is 214 g/mol. The van der Waals surface area contributed by atoms with Crippen LogP contribution in [0, 0.1) is 6.92 Å². The van der Waals surface area contributed by atoms with E-state index in [1.165, 1.54) is 5.56 Å². The van der Waals surface area contributed by atoms with E-state index in [4.69, 9.17) is 5.73 Å². The largest absolute Gasteiger partial charge is 0.329 e. The fourth-order valence-corrected chi connectivity index (χ4v) is 1.40.